The van der Waals surface area contributed by atoms with Crippen LogP contribution < -0.4 is 0 Å². The van der Waals surface area contributed by atoms with Crippen LogP contribution in [0.25, 0.3) is 11.1 Å². The number of sulfonamides is 1. The van der Waals surface area contributed by atoms with Crippen LogP contribution in [0.15, 0.2) is 47.4 Å². The molecule has 1 N–H and O–H groups in total. The molecule has 3 rings (SSSR count). The van der Waals surface area contributed by atoms with Gasteiger partial charge in [-0.1, -0.05) is 24.3 Å². The van der Waals surface area contributed by atoms with Crippen molar-refractivity contribution < 1.29 is 23.1 Å². The third kappa shape index (κ3) is 3.40. The van der Waals surface area contributed by atoms with Crippen molar-refractivity contribution in [1.82, 2.24) is 4.31 Å². The number of nitrogens with zero attached hydrogens (tertiary/aromatic N) is 1. The number of ketones is 1. The monoisotopic (exact) mass is 373 g/mol. The van der Waals surface area contributed by atoms with E-state index in [9.17, 15) is 23.1 Å². The number of carboxylic acid groups (broad SMARTS) is 1. The molecule has 0 radical (unpaired) electrons. The van der Waals surface area contributed by atoms with Crippen LogP contribution in [0, 0.1) is 0 Å². The Morgan fingerprint density at radius 2 is 1.69 bits per heavy atom. The molecule has 0 amide bonds. The summed E-state index contributed by atoms with van der Waals surface area (Å²) in [7, 11) is -3.77. The van der Waals surface area contributed by atoms with Crippen molar-refractivity contribution in [3.05, 3.63) is 53.6 Å². The molecule has 1 aliphatic rings. The lowest BCUT2D eigenvalue weighted by Crippen LogP contribution is -2.28. The zero-order valence-corrected chi connectivity index (χ0v) is 15.1. The molecular formula is C19H19NO5S. The predicted octanol–water partition coefficient (Wildman–Crippen LogP) is 3.04. The first-order valence-electron chi connectivity index (χ1n) is 8.29. The largest absolute Gasteiger partial charge is 0.478 e. The van der Waals surface area contributed by atoms with E-state index in [-0.39, 0.29) is 16.2 Å². The zero-order chi connectivity index (χ0) is 18.9. The molecule has 1 saturated heterocycles. The number of rotatable bonds is 5. The molecular weight excluding hydrogens is 354 g/mol. The molecule has 0 aromatic heterocycles. The van der Waals surface area contributed by atoms with Crippen molar-refractivity contribution in [2.45, 2.75) is 24.7 Å². The number of carboxylic acids is 1. The lowest BCUT2D eigenvalue weighted by molar-refractivity contribution is 0.0696. The molecule has 0 unspecified atom stereocenters. The molecule has 2 aromatic rings. The summed E-state index contributed by atoms with van der Waals surface area (Å²) in [6.07, 6.45) is 1.58. The maximum atomic E-state index is 12.9. The molecule has 1 fully saturated rings. The third-order valence-corrected chi connectivity index (χ3v) is 6.35. The fourth-order valence-corrected chi connectivity index (χ4v) is 4.74. The molecule has 1 aliphatic heterocycles. The Labute approximate surface area is 152 Å². The van der Waals surface area contributed by atoms with Gasteiger partial charge in [-0.15, -0.1) is 0 Å². The molecule has 26 heavy (non-hydrogen) atoms. The number of carbonyl (C=O) groups excluding carboxylic acids is 1. The average molecular weight is 373 g/mol. The van der Waals surface area contributed by atoms with E-state index in [1.54, 1.807) is 24.3 Å². The molecule has 7 heteroatoms. The quantitative estimate of drug-likeness (QED) is 0.814. The topological polar surface area (TPSA) is 91.7 Å². The van der Waals surface area contributed by atoms with Crippen molar-refractivity contribution in [1.29, 1.82) is 0 Å². The Morgan fingerprint density at radius 3 is 2.31 bits per heavy atom. The highest BCUT2D eigenvalue weighted by Crippen LogP contribution is 2.30. The SMILES string of the molecule is CC(=O)c1ccccc1-c1cc(C(=O)O)cc(S(=O)(=O)N2CCCC2)c1. The normalized spacial score (nSPS) is 15.1. The second-order valence-corrected chi connectivity index (χ2v) is 8.20. The summed E-state index contributed by atoms with van der Waals surface area (Å²) >= 11 is 0. The number of hydrogen-bond donors (Lipinski definition) is 1. The Bertz CT molecular complexity index is 975. The highest BCUT2D eigenvalue weighted by atomic mass is 32.2. The van der Waals surface area contributed by atoms with Gasteiger partial charge in [-0.05, 0) is 49.1 Å². The van der Waals surface area contributed by atoms with Crippen LogP contribution in [-0.2, 0) is 10.0 Å². The van der Waals surface area contributed by atoms with Crippen LogP contribution in [-0.4, -0.2) is 42.7 Å². The van der Waals surface area contributed by atoms with E-state index in [2.05, 4.69) is 0 Å². The van der Waals surface area contributed by atoms with Crippen LogP contribution in [0.3, 0.4) is 0 Å². The zero-order valence-electron chi connectivity index (χ0n) is 14.3. The number of carbonyl (C=O) groups is 2. The number of hydrogen-bond acceptors (Lipinski definition) is 4. The van der Waals surface area contributed by atoms with E-state index < -0.39 is 16.0 Å². The van der Waals surface area contributed by atoms with Gasteiger partial charge in [0.1, 0.15) is 0 Å². The molecule has 1 heterocycles. The van der Waals surface area contributed by atoms with Gasteiger partial charge in [-0.25, -0.2) is 13.2 Å². The van der Waals surface area contributed by atoms with Crippen LogP contribution in [0.2, 0.25) is 0 Å². The van der Waals surface area contributed by atoms with E-state index in [1.807, 2.05) is 0 Å². The first-order chi connectivity index (χ1) is 12.3. The Balaban J connectivity index is 2.21. The van der Waals surface area contributed by atoms with Crippen LogP contribution in [0.5, 0.6) is 0 Å². The minimum atomic E-state index is -3.77. The number of aromatic carboxylic acids is 1. The van der Waals surface area contributed by atoms with Gasteiger partial charge in [-0.3, -0.25) is 4.79 Å². The van der Waals surface area contributed by atoms with Crippen LogP contribution in [0.4, 0.5) is 0 Å². The van der Waals surface area contributed by atoms with E-state index >= 15 is 0 Å². The summed E-state index contributed by atoms with van der Waals surface area (Å²) in [6, 6.07) is 10.8. The van der Waals surface area contributed by atoms with Crippen molar-refractivity contribution in [3.8, 4) is 11.1 Å². The average Bonchev–Trinajstić information content (AvgIpc) is 3.16. The molecule has 0 atom stereocenters. The van der Waals surface area contributed by atoms with Gasteiger partial charge < -0.3 is 5.11 Å². The summed E-state index contributed by atoms with van der Waals surface area (Å²) < 4.78 is 27.1. The fraction of sp³-hybridized carbons (Fsp3) is 0.263. The fourth-order valence-electron chi connectivity index (χ4n) is 3.15. The standard InChI is InChI=1S/C19H19NO5S/c1-13(21)17-6-2-3-7-18(17)14-10-15(19(22)23)12-16(11-14)26(24,25)20-8-4-5-9-20/h2-3,6-7,10-12H,4-5,8-9H2,1H3,(H,22,23). The maximum absolute atomic E-state index is 12.9. The van der Waals surface area contributed by atoms with Crippen LogP contribution >= 0.6 is 0 Å². The van der Waals surface area contributed by atoms with Crippen LogP contribution in [0.1, 0.15) is 40.5 Å². The molecule has 0 bridgehead atoms. The Hall–Kier alpha value is -2.51. The van der Waals surface area contributed by atoms with E-state index in [0.29, 0.717) is 29.8 Å². The summed E-state index contributed by atoms with van der Waals surface area (Å²) in [6.45, 7) is 2.28. The van der Waals surface area contributed by atoms with Gasteiger partial charge in [0.05, 0.1) is 10.5 Å². The molecule has 6 nitrogen and oxygen atoms in total. The number of benzene rings is 2. The summed E-state index contributed by atoms with van der Waals surface area (Å²) in [5.41, 5.74) is 1.20. The van der Waals surface area contributed by atoms with Gasteiger partial charge in [0.25, 0.3) is 0 Å². The minimum absolute atomic E-state index is 0.0624. The Kier molecular flexibility index (Phi) is 4.93. The van der Waals surface area contributed by atoms with E-state index in [0.717, 1.165) is 12.8 Å². The molecule has 136 valence electrons. The summed E-state index contributed by atoms with van der Waals surface area (Å²) in [4.78, 5) is 23.4. The smallest absolute Gasteiger partial charge is 0.335 e. The second-order valence-electron chi connectivity index (χ2n) is 6.26. The Morgan fingerprint density at radius 1 is 1.04 bits per heavy atom. The first kappa shape index (κ1) is 18.3. The van der Waals surface area contributed by atoms with Gasteiger partial charge in [0.2, 0.25) is 10.0 Å². The number of Topliss-reactive ketones (excluding diaryl/α,β-unsaturated/α-hetero) is 1. The van der Waals surface area contributed by atoms with Gasteiger partial charge in [-0.2, -0.15) is 4.31 Å². The lowest BCUT2D eigenvalue weighted by atomic mass is 9.96. The first-order valence-corrected chi connectivity index (χ1v) is 9.73. The van der Waals surface area contributed by atoms with E-state index in [1.165, 1.54) is 29.4 Å². The molecule has 0 aliphatic carbocycles. The maximum Gasteiger partial charge on any atom is 0.335 e. The van der Waals surface area contributed by atoms with Gasteiger partial charge in [0.15, 0.2) is 5.78 Å². The van der Waals surface area contributed by atoms with Crippen molar-refractivity contribution in [3.63, 3.8) is 0 Å². The summed E-state index contributed by atoms with van der Waals surface area (Å²) in [5, 5.41) is 9.41. The van der Waals surface area contributed by atoms with Crippen molar-refractivity contribution in [2.75, 3.05) is 13.1 Å². The van der Waals surface area contributed by atoms with Gasteiger partial charge >= 0.3 is 5.97 Å². The highest BCUT2D eigenvalue weighted by Gasteiger charge is 2.28. The minimum Gasteiger partial charge on any atom is -0.478 e. The summed E-state index contributed by atoms with van der Waals surface area (Å²) in [5.74, 6) is -1.39. The predicted molar refractivity (Wildman–Crippen MR) is 96.8 cm³/mol. The third-order valence-electron chi connectivity index (χ3n) is 4.47. The molecule has 0 spiro atoms. The second kappa shape index (κ2) is 7.01. The van der Waals surface area contributed by atoms with Crippen molar-refractivity contribution in [2.24, 2.45) is 0 Å². The molecule has 0 saturated carbocycles. The van der Waals surface area contributed by atoms with E-state index in [4.69, 9.17) is 0 Å². The van der Waals surface area contributed by atoms with Crippen molar-refractivity contribution >= 4 is 21.8 Å². The highest BCUT2D eigenvalue weighted by molar-refractivity contribution is 7.89. The van der Waals surface area contributed by atoms with Gasteiger partial charge in [0, 0.05) is 18.7 Å². The lowest BCUT2D eigenvalue weighted by Gasteiger charge is -2.17. The molecule has 2 aromatic carbocycles.